The van der Waals surface area contributed by atoms with Crippen molar-refractivity contribution in [3.63, 3.8) is 0 Å². The number of fused-ring (bicyclic) bond motifs is 2. The van der Waals surface area contributed by atoms with E-state index >= 15 is 0 Å². The summed E-state index contributed by atoms with van der Waals surface area (Å²) in [6.45, 7) is 5.09. The molecule has 0 aliphatic carbocycles. The quantitative estimate of drug-likeness (QED) is 0.852. The van der Waals surface area contributed by atoms with Crippen molar-refractivity contribution in [1.82, 2.24) is 4.31 Å². The average Bonchev–Trinajstić information content (AvgIpc) is 2.77. The molecule has 0 unspecified atom stereocenters. The molecular formula is C20H22N2O4S. The Kier molecular flexibility index (Phi) is 4.44. The Balaban J connectivity index is 1.70. The average molecular weight is 386 g/mol. The first kappa shape index (κ1) is 18.0. The van der Waals surface area contributed by atoms with Crippen molar-refractivity contribution in [2.75, 3.05) is 18.4 Å². The lowest BCUT2D eigenvalue weighted by Gasteiger charge is -2.29. The fourth-order valence-electron chi connectivity index (χ4n) is 3.44. The molecule has 0 aromatic heterocycles. The molecule has 2 aromatic rings. The number of anilines is 1. The molecule has 1 fully saturated rings. The zero-order valence-corrected chi connectivity index (χ0v) is 16.2. The second kappa shape index (κ2) is 6.65. The highest BCUT2D eigenvalue weighted by molar-refractivity contribution is 7.89. The van der Waals surface area contributed by atoms with E-state index in [9.17, 15) is 13.2 Å². The lowest BCUT2D eigenvalue weighted by Crippen LogP contribution is -2.37. The summed E-state index contributed by atoms with van der Waals surface area (Å²) in [7, 11) is -3.63. The standard InChI is InChI=1S/C20H22N2O4S/c1-13-7-9-22(10-8-13)27(24,25)15-4-6-18-16(12-15)20(23)21-17-5-3-14(2)11-19(17)26-18/h3-6,11-13H,7-10H2,1-2H3,(H,21,23). The maximum Gasteiger partial charge on any atom is 0.259 e. The Morgan fingerprint density at radius 3 is 2.56 bits per heavy atom. The van der Waals surface area contributed by atoms with Crippen LogP contribution < -0.4 is 10.1 Å². The molecule has 2 aliphatic heterocycles. The summed E-state index contributed by atoms with van der Waals surface area (Å²) >= 11 is 0. The maximum absolute atomic E-state index is 13.0. The van der Waals surface area contributed by atoms with E-state index in [2.05, 4.69) is 12.2 Å². The van der Waals surface area contributed by atoms with E-state index in [-0.39, 0.29) is 16.4 Å². The van der Waals surface area contributed by atoms with Gasteiger partial charge in [0.25, 0.3) is 5.91 Å². The van der Waals surface area contributed by atoms with Crippen molar-refractivity contribution in [2.24, 2.45) is 5.92 Å². The van der Waals surface area contributed by atoms with E-state index in [0.29, 0.717) is 36.2 Å². The van der Waals surface area contributed by atoms with E-state index < -0.39 is 10.0 Å². The number of amides is 1. The van der Waals surface area contributed by atoms with E-state index in [1.54, 1.807) is 12.1 Å². The predicted octanol–water partition coefficient (Wildman–Crippen LogP) is 3.77. The normalized spacial score (nSPS) is 18.1. The van der Waals surface area contributed by atoms with Gasteiger partial charge in [-0.25, -0.2) is 8.42 Å². The maximum atomic E-state index is 13.0. The number of ether oxygens (including phenoxy) is 1. The van der Waals surface area contributed by atoms with Gasteiger partial charge < -0.3 is 10.1 Å². The molecule has 2 aromatic carbocycles. The van der Waals surface area contributed by atoms with Gasteiger partial charge in [0.2, 0.25) is 10.0 Å². The van der Waals surface area contributed by atoms with Crippen LogP contribution in [-0.2, 0) is 10.0 Å². The number of hydrogen-bond donors (Lipinski definition) is 1. The minimum Gasteiger partial charge on any atom is -0.454 e. The van der Waals surface area contributed by atoms with Gasteiger partial charge in [-0.3, -0.25) is 4.79 Å². The highest BCUT2D eigenvalue weighted by atomic mass is 32.2. The number of carbonyl (C=O) groups is 1. The van der Waals surface area contributed by atoms with Crippen molar-refractivity contribution in [2.45, 2.75) is 31.6 Å². The van der Waals surface area contributed by atoms with Crippen molar-refractivity contribution in [1.29, 1.82) is 0 Å². The summed E-state index contributed by atoms with van der Waals surface area (Å²) in [5.74, 6) is 1.05. The minimum atomic E-state index is -3.63. The molecule has 0 radical (unpaired) electrons. The van der Waals surface area contributed by atoms with Crippen molar-refractivity contribution < 1.29 is 17.9 Å². The molecule has 0 spiro atoms. The van der Waals surface area contributed by atoms with Crippen LogP contribution in [0.15, 0.2) is 41.3 Å². The first-order valence-electron chi connectivity index (χ1n) is 9.08. The van der Waals surface area contributed by atoms with E-state index in [4.69, 9.17) is 4.74 Å². The van der Waals surface area contributed by atoms with Gasteiger partial charge in [0, 0.05) is 13.1 Å². The Morgan fingerprint density at radius 2 is 1.81 bits per heavy atom. The molecule has 1 amide bonds. The van der Waals surface area contributed by atoms with E-state index in [1.807, 2.05) is 19.1 Å². The number of nitrogens with one attached hydrogen (secondary N) is 1. The zero-order chi connectivity index (χ0) is 19.2. The molecule has 0 bridgehead atoms. The number of sulfonamides is 1. The third-order valence-corrected chi connectivity index (χ3v) is 7.08. The van der Waals surface area contributed by atoms with Gasteiger partial charge in [0.15, 0.2) is 5.75 Å². The summed E-state index contributed by atoms with van der Waals surface area (Å²) in [6, 6.07) is 9.99. The van der Waals surface area contributed by atoms with Gasteiger partial charge in [-0.1, -0.05) is 13.0 Å². The molecule has 6 nitrogen and oxygen atoms in total. The molecule has 142 valence electrons. The first-order valence-corrected chi connectivity index (χ1v) is 10.5. The minimum absolute atomic E-state index is 0.122. The number of aryl methyl sites for hydroxylation is 1. The predicted molar refractivity (Wildman–Crippen MR) is 103 cm³/mol. The number of piperidine rings is 1. The summed E-state index contributed by atoms with van der Waals surface area (Å²) in [6.07, 6.45) is 1.70. The molecule has 2 aliphatic rings. The van der Waals surface area contributed by atoms with Crippen LogP contribution in [-0.4, -0.2) is 31.7 Å². The highest BCUT2D eigenvalue weighted by Crippen LogP contribution is 2.37. The molecule has 0 atom stereocenters. The summed E-state index contributed by atoms with van der Waals surface area (Å²) < 4.78 is 33.4. The van der Waals surface area contributed by atoms with Crippen LogP contribution in [0.2, 0.25) is 0 Å². The third kappa shape index (κ3) is 3.33. The van der Waals surface area contributed by atoms with Crippen LogP contribution in [0.3, 0.4) is 0 Å². The fraction of sp³-hybridized carbons (Fsp3) is 0.350. The summed E-state index contributed by atoms with van der Waals surface area (Å²) in [5.41, 5.74) is 1.79. The molecule has 4 rings (SSSR count). The molecule has 27 heavy (non-hydrogen) atoms. The molecular weight excluding hydrogens is 364 g/mol. The third-order valence-electron chi connectivity index (χ3n) is 5.18. The van der Waals surface area contributed by atoms with Gasteiger partial charge >= 0.3 is 0 Å². The van der Waals surface area contributed by atoms with Gasteiger partial charge in [-0.2, -0.15) is 4.31 Å². The van der Waals surface area contributed by atoms with Crippen LogP contribution in [0.5, 0.6) is 11.5 Å². The van der Waals surface area contributed by atoms with Gasteiger partial charge in [0.1, 0.15) is 5.75 Å². The monoisotopic (exact) mass is 386 g/mol. The number of hydrogen-bond acceptors (Lipinski definition) is 4. The molecule has 2 heterocycles. The second-order valence-corrected chi connectivity index (χ2v) is 9.24. The number of benzene rings is 2. The Morgan fingerprint density at radius 1 is 1.07 bits per heavy atom. The number of carbonyl (C=O) groups excluding carboxylic acids is 1. The fourth-order valence-corrected chi connectivity index (χ4v) is 4.93. The first-order chi connectivity index (χ1) is 12.8. The summed E-state index contributed by atoms with van der Waals surface area (Å²) in [4.78, 5) is 12.8. The van der Waals surface area contributed by atoms with Crippen LogP contribution in [0.1, 0.15) is 35.7 Å². The van der Waals surface area contributed by atoms with E-state index in [1.165, 1.54) is 16.4 Å². The highest BCUT2D eigenvalue weighted by Gasteiger charge is 2.30. The molecule has 7 heteroatoms. The van der Waals surface area contributed by atoms with Crippen molar-refractivity contribution in [3.8, 4) is 11.5 Å². The molecule has 1 N–H and O–H groups in total. The Bertz CT molecular complexity index is 1010. The van der Waals surface area contributed by atoms with Crippen LogP contribution in [0.4, 0.5) is 5.69 Å². The summed E-state index contributed by atoms with van der Waals surface area (Å²) in [5, 5.41) is 2.80. The lowest BCUT2D eigenvalue weighted by atomic mass is 10.0. The van der Waals surface area contributed by atoms with Crippen LogP contribution in [0.25, 0.3) is 0 Å². The Hall–Kier alpha value is -2.38. The van der Waals surface area contributed by atoms with Gasteiger partial charge in [-0.15, -0.1) is 0 Å². The zero-order valence-electron chi connectivity index (χ0n) is 15.4. The van der Waals surface area contributed by atoms with E-state index in [0.717, 1.165) is 18.4 Å². The Labute approximate surface area is 159 Å². The van der Waals surface area contributed by atoms with Crippen LogP contribution in [0, 0.1) is 12.8 Å². The smallest absolute Gasteiger partial charge is 0.259 e. The van der Waals surface area contributed by atoms with Crippen molar-refractivity contribution >= 4 is 21.6 Å². The van der Waals surface area contributed by atoms with Crippen LogP contribution >= 0.6 is 0 Å². The largest absolute Gasteiger partial charge is 0.454 e. The van der Waals surface area contributed by atoms with Gasteiger partial charge in [0.05, 0.1) is 16.1 Å². The number of rotatable bonds is 2. The van der Waals surface area contributed by atoms with Crippen molar-refractivity contribution in [3.05, 3.63) is 47.5 Å². The topological polar surface area (TPSA) is 75.7 Å². The number of nitrogens with zero attached hydrogens (tertiary/aromatic N) is 1. The van der Waals surface area contributed by atoms with Gasteiger partial charge in [-0.05, 0) is 61.6 Å². The molecule has 0 saturated carbocycles. The second-order valence-electron chi connectivity index (χ2n) is 7.30. The SMILES string of the molecule is Cc1ccc2c(c1)Oc1ccc(S(=O)(=O)N3CCC(C)CC3)cc1C(=O)N2. The lowest BCUT2D eigenvalue weighted by molar-refractivity contribution is 0.102. The molecule has 1 saturated heterocycles.